The van der Waals surface area contributed by atoms with Gasteiger partial charge in [-0.1, -0.05) is 17.7 Å². The van der Waals surface area contributed by atoms with E-state index in [2.05, 4.69) is 15.3 Å². The molecule has 4 heterocycles. The van der Waals surface area contributed by atoms with Gasteiger partial charge in [0.25, 0.3) is 10.0 Å². The van der Waals surface area contributed by atoms with E-state index in [4.69, 9.17) is 4.28 Å². The van der Waals surface area contributed by atoms with Crippen molar-refractivity contribution in [2.24, 2.45) is 5.92 Å². The molecule has 1 N–H and O–H groups in total. The Morgan fingerprint density at radius 3 is 2.52 bits per heavy atom. The highest BCUT2D eigenvalue weighted by atomic mass is 32.2. The molecule has 0 saturated carbocycles. The van der Waals surface area contributed by atoms with E-state index in [1.165, 1.54) is 30.9 Å². The average molecular weight is 490 g/mol. The van der Waals surface area contributed by atoms with Crippen LogP contribution in [0.1, 0.15) is 18.4 Å². The van der Waals surface area contributed by atoms with Crippen LogP contribution >= 0.6 is 0 Å². The lowest BCUT2D eigenvalue weighted by Crippen LogP contribution is -2.34. The van der Waals surface area contributed by atoms with E-state index in [-0.39, 0.29) is 22.2 Å². The Morgan fingerprint density at radius 1 is 1.06 bits per heavy atom. The Morgan fingerprint density at radius 2 is 1.79 bits per heavy atom. The zero-order chi connectivity index (χ0) is 23.2. The largest absolute Gasteiger partial charge is 0.327 e. The summed E-state index contributed by atoms with van der Waals surface area (Å²) in [6.45, 7) is 3.44. The number of nitrogens with zero attached hydrogens (tertiary/aromatic N) is 4. The fourth-order valence-corrected chi connectivity index (χ4v) is 6.73. The Bertz CT molecular complexity index is 1530. The fraction of sp³-hybridized carbons (Fsp3) is 0.333. The number of fused-ring (bicyclic) bond motifs is 3. The second kappa shape index (κ2) is 8.12. The van der Waals surface area contributed by atoms with E-state index in [0.717, 1.165) is 40.2 Å². The molecule has 1 aliphatic heterocycles. The molecule has 1 aliphatic rings. The van der Waals surface area contributed by atoms with E-state index in [1.54, 1.807) is 18.2 Å². The zero-order valence-electron chi connectivity index (χ0n) is 17.9. The minimum atomic E-state index is -3.90. The molecule has 10 nitrogen and oxygen atoms in total. The van der Waals surface area contributed by atoms with Gasteiger partial charge in [-0.2, -0.15) is 13.1 Å². The predicted molar refractivity (Wildman–Crippen MR) is 123 cm³/mol. The van der Waals surface area contributed by atoms with E-state index >= 15 is 0 Å². The monoisotopic (exact) mass is 489 g/mol. The molecule has 4 aromatic rings. The lowest BCUT2D eigenvalue weighted by molar-refractivity contribution is 0.283. The fourth-order valence-electron chi connectivity index (χ4n) is 4.10. The molecule has 33 heavy (non-hydrogen) atoms. The summed E-state index contributed by atoms with van der Waals surface area (Å²) < 4.78 is 59.4. The summed E-state index contributed by atoms with van der Waals surface area (Å²) in [6, 6.07) is 8.09. The van der Waals surface area contributed by atoms with Crippen molar-refractivity contribution in [2.45, 2.75) is 24.7 Å². The smallest absolute Gasteiger partial charge is 0.317 e. The molecule has 1 saturated heterocycles. The summed E-state index contributed by atoms with van der Waals surface area (Å²) in [7, 11) is -7.78. The van der Waals surface area contributed by atoms with Crippen LogP contribution in [-0.4, -0.2) is 54.3 Å². The van der Waals surface area contributed by atoms with E-state index in [1.807, 2.05) is 6.92 Å². The summed E-state index contributed by atoms with van der Waals surface area (Å²) in [5.74, 6) is -0.0702. The van der Waals surface area contributed by atoms with Crippen molar-refractivity contribution in [1.29, 1.82) is 0 Å². The van der Waals surface area contributed by atoms with Gasteiger partial charge in [-0.05, 0) is 57.0 Å². The van der Waals surface area contributed by atoms with Gasteiger partial charge >= 0.3 is 10.1 Å². The normalized spacial score (nSPS) is 15.9. The molecular formula is C21H23N5O5S2. The molecule has 0 amide bonds. The first-order valence-corrected chi connectivity index (χ1v) is 13.5. The van der Waals surface area contributed by atoms with Crippen molar-refractivity contribution in [2.75, 3.05) is 18.8 Å². The van der Waals surface area contributed by atoms with Crippen LogP contribution in [-0.2, 0) is 20.1 Å². The van der Waals surface area contributed by atoms with Crippen molar-refractivity contribution in [3.8, 4) is 0 Å². The summed E-state index contributed by atoms with van der Waals surface area (Å²) >= 11 is 0. The van der Waals surface area contributed by atoms with Crippen LogP contribution in [0.5, 0.6) is 0 Å². The molecule has 3 aromatic heterocycles. The van der Waals surface area contributed by atoms with Crippen LogP contribution in [0, 0.1) is 12.8 Å². The molecular weight excluding hydrogens is 466 g/mol. The Kier molecular flexibility index (Phi) is 5.38. The van der Waals surface area contributed by atoms with Crippen LogP contribution < -0.4 is 9.60 Å². The third-order valence-electron chi connectivity index (χ3n) is 5.83. The molecule has 0 unspecified atom stereocenters. The lowest BCUT2D eigenvalue weighted by Gasteiger charge is -2.22. The van der Waals surface area contributed by atoms with Crippen LogP contribution in [0.4, 0.5) is 0 Å². The predicted octanol–water partition coefficient (Wildman–Crippen LogP) is 1.69. The molecule has 1 aromatic carbocycles. The number of hydrogen-bond acceptors (Lipinski definition) is 8. The first-order valence-electron chi connectivity index (χ1n) is 10.5. The van der Waals surface area contributed by atoms with Crippen LogP contribution in [0.25, 0.3) is 22.1 Å². The standard InChI is InChI=1S/C21H23N5O5S2/c1-15-2-4-17(5-3-15)33(29,30)26-11-8-18-20-19(12-23-21(18)26)24-14-25(20)31-32(27,28)13-16-6-9-22-10-7-16/h2-5,8,11-12,14,16,22H,6-7,9-10,13H2,1H3. The highest BCUT2D eigenvalue weighted by Gasteiger charge is 2.26. The Hall–Kier alpha value is -2.96. The minimum Gasteiger partial charge on any atom is -0.317 e. The molecule has 0 radical (unpaired) electrons. The summed E-state index contributed by atoms with van der Waals surface area (Å²) in [6.07, 6.45) is 5.59. The summed E-state index contributed by atoms with van der Waals surface area (Å²) in [5, 5.41) is 3.62. The van der Waals surface area contributed by atoms with Gasteiger partial charge in [-0.3, -0.25) is 4.28 Å². The quantitative estimate of drug-likeness (QED) is 0.434. The highest BCUT2D eigenvalue weighted by Crippen LogP contribution is 2.27. The molecule has 0 atom stereocenters. The summed E-state index contributed by atoms with van der Waals surface area (Å²) in [5.41, 5.74) is 1.83. The SMILES string of the molecule is Cc1ccc(S(=O)(=O)n2ccc3c4c(cnc32)ncn4OS(=O)(=O)CC2CCNCC2)cc1. The Labute approximate surface area is 191 Å². The average Bonchev–Trinajstić information content (AvgIpc) is 3.38. The molecule has 0 spiro atoms. The van der Waals surface area contributed by atoms with E-state index in [0.29, 0.717) is 16.4 Å². The molecule has 5 rings (SSSR count). The van der Waals surface area contributed by atoms with Gasteiger partial charge < -0.3 is 5.32 Å². The van der Waals surface area contributed by atoms with Crippen molar-refractivity contribution < 1.29 is 21.1 Å². The number of aryl methyl sites for hydroxylation is 1. The molecule has 174 valence electrons. The van der Waals surface area contributed by atoms with E-state index < -0.39 is 20.1 Å². The molecule has 12 heteroatoms. The number of hydrogen-bond donors (Lipinski definition) is 1. The third kappa shape index (κ3) is 4.09. The van der Waals surface area contributed by atoms with Gasteiger partial charge in [-0.15, -0.1) is 0 Å². The second-order valence-electron chi connectivity index (χ2n) is 8.22. The first kappa shape index (κ1) is 21.9. The number of imidazole rings is 1. The summed E-state index contributed by atoms with van der Waals surface area (Å²) in [4.78, 5) is 8.59. The highest BCUT2D eigenvalue weighted by molar-refractivity contribution is 7.90. The number of benzene rings is 1. The maximum absolute atomic E-state index is 13.2. The van der Waals surface area contributed by atoms with E-state index in [9.17, 15) is 16.8 Å². The molecule has 1 fully saturated rings. The van der Waals surface area contributed by atoms with Gasteiger partial charge in [0.2, 0.25) is 0 Å². The number of nitrogens with one attached hydrogen (secondary N) is 1. The maximum atomic E-state index is 13.2. The Balaban J connectivity index is 1.54. The minimum absolute atomic E-state index is 0.0217. The van der Waals surface area contributed by atoms with Crippen molar-refractivity contribution in [3.05, 3.63) is 54.6 Å². The number of aromatic nitrogens is 4. The zero-order valence-corrected chi connectivity index (χ0v) is 19.5. The van der Waals surface area contributed by atoms with Crippen molar-refractivity contribution in [1.82, 2.24) is 24.0 Å². The number of rotatable bonds is 6. The number of piperidine rings is 1. The number of pyridine rings is 1. The first-order chi connectivity index (χ1) is 15.7. The molecule has 0 aliphatic carbocycles. The van der Waals surface area contributed by atoms with Crippen molar-refractivity contribution >= 4 is 42.2 Å². The van der Waals surface area contributed by atoms with Gasteiger partial charge in [0.15, 0.2) is 5.65 Å². The van der Waals surface area contributed by atoms with Crippen LogP contribution in [0.3, 0.4) is 0 Å². The third-order valence-corrected chi connectivity index (χ3v) is 8.77. The lowest BCUT2D eigenvalue weighted by atomic mass is 10.0. The molecule has 0 bridgehead atoms. The van der Waals surface area contributed by atoms with Crippen LogP contribution in [0.2, 0.25) is 0 Å². The second-order valence-corrected chi connectivity index (χ2v) is 11.6. The van der Waals surface area contributed by atoms with Crippen molar-refractivity contribution in [3.63, 3.8) is 0 Å². The maximum Gasteiger partial charge on any atom is 0.327 e. The topological polar surface area (TPSA) is 125 Å². The van der Waals surface area contributed by atoms with Gasteiger partial charge in [0.1, 0.15) is 17.4 Å². The van der Waals surface area contributed by atoms with Crippen LogP contribution in [0.15, 0.2) is 53.9 Å². The van der Waals surface area contributed by atoms with Gasteiger partial charge in [0.05, 0.1) is 16.8 Å². The van der Waals surface area contributed by atoms with Gasteiger partial charge in [0, 0.05) is 11.6 Å². The van der Waals surface area contributed by atoms with Gasteiger partial charge in [-0.25, -0.2) is 22.4 Å².